The van der Waals surface area contributed by atoms with Gasteiger partial charge in [0.15, 0.2) is 0 Å². The van der Waals surface area contributed by atoms with Crippen molar-refractivity contribution in [2.45, 2.75) is 19.8 Å². The van der Waals surface area contributed by atoms with Gasteiger partial charge in [0.2, 0.25) is 5.91 Å². The zero-order valence-corrected chi connectivity index (χ0v) is 17.2. The van der Waals surface area contributed by atoms with Gasteiger partial charge in [0.05, 0.1) is 17.8 Å². The molecule has 1 N–H and O–H groups in total. The molecule has 0 bridgehead atoms. The number of benzene rings is 2. The predicted octanol–water partition coefficient (Wildman–Crippen LogP) is 3.48. The third kappa shape index (κ3) is 4.71. The highest BCUT2D eigenvalue weighted by Crippen LogP contribution is 2.26. The van der Waals surface area contributed by atoms with E-state index < -0.39 is 0 Å². The second-order valence-corrected chi connectivity index (χ2v) is 7.42. The average molecular weight is 390 g/mol. The van der Waals surface area contributed by atoms with Crippen LogP contribution in [0.5, 0.6) is 0 Å². The van der Waals surface area contributed by atoms with Gasteiger partial charge in [-0.25, -0.2) is 4.68 Å². The normalized spacial score (nSPS) is 10.8. The first-order valence-electron chi connectivity index (χ1n) is 9.60. The largest absolute Gasteiger partial charge is 0.347 e. The van der Waals surface area contributed by atoms with Crippen molar-refractivity contribution in [2.75, 3.05) is 20.6 Å². The van der Waals surface area contributed by atoms with Crippen molar-refractivity contribution in [3.05, 3.63) is 71.9 Å². The Hall–Kier alpha value is -3.41. The SMILES string of the molecule is CC(C)c1ccc(-c2nn(-c3ccccc3)cc2C(=O)NCC(=O)N(C)C)cc1. The van der Waals surface area contributed by atoms with Crippen molar-refractivity contribution in [3.63, 3.8) is 0 Å². The van der Waals surface area contributed by atoms with Gasteiger partial charge in [-0.05, 0) is 23.6 Å². The van der Waals surface area contributed by atoms with Gasteiger partial charge in [-0.1, -0.05) is 56.3 Å². The van der Waals surface area contributed by atoms with Crippen molar-refractivity contribution >= 4 is 11.8 Å². The Labute approximate surface area is 171 Å². The Morgan fingerprint density at radius 1 is 1.03 bits per heavy atom. The number of nitrogens with one attached hydrogen (secondary N) is 1. The van der Waals surface area contributed by atoms with Crippen LogP contribution in [0.4, 0.5) is 0 Å². The molecule has 3 aromatic rings. The maximum atomic E-state index is 12.9. The van der Waals surface area contributed by atoms with E-state index in [4.69, 9.17) is 0 Å². The highest BCUT2D eigenvalue weighted by molar-refractivity contribution is 6.01. The summed E-state index contributed by atoms with van der Waals surface area (Å²) in [4.78, 5) is 26.1. The van der Waals surface area contributed by atoms with Gasteiger partial charge in [-0.3, -0.25) is 9.59 Å². The van der Waals surface area contributed by atoms with E-state index in [0.717, 1.165) is 11.3 Å². The second kappa shape index (κ2) is 8.73. The highest BCUT2D eigenvalue weighted by atomic mass is 16.2. The summed E-state index contributed by atoms with van der Waals surface area (Å²) in [5.41, 5.74) is 3.94. The summed E-state index contributed by atoms with van der Waals surface area (Å²) in [5.74, 6) is -0.0762. The molecule has 0 saturated carbocycles. The van der Waals surface area contributed by atoms with Crippen LogP contribution in [0.3, 0.4) is 0 Å². The monoisotopic (exact) mass is 390 g/mol. The molecule has 0 radical (unpaired) electrons. The maximum Gasteiger partial charge on any atom is 0.255 e. The lowest BCUT2D eigenvalue weighted by Gasteiger charge is -2.11. The lowest BCUT2D eigenvalue weighted by Crippen LogP contribution is -2.36. The average Bonchev–Trinajstić information content (AvgIpc) is 3.18. The minimum atomic E-state index is -0.328. The lowest BCUT2D eigenvalue weighted by molar-refractivity contribution is -0.127. The molecule has 1 heterocycles. The van der Waals surface area contributed by atoms with E-state index in [1.165, 1.54) is 10.5 Å². The Morgan fingerprint density at radius 3 is 2.28 bits per heavy atom. The molecule has 0 aliphatic rings. The van der Waals surface area contributed by atoms with E-state index in [1.54, 1.807) is 25.0 Å². The Kier molecular flexibility index (Phi) is 6.12. The molecule has 0 fully saturated rings. The van der Waals surface area contributed by atoms with Crippen LogP contribution < -0.4 is 5.32 Å². The number of rotatable bonds is 6. The van der Waals surface area contributed by atoms with Crippen LogP contribution in [0.25, 0.3) is 16.9 Å². The summed E-state index contributed by atoms with van der Waals surface area (Å²) in [5, 5.41) is 7.37. The quantitative estimate of drug-likeness (QED) is 0.701. The molecule has 3 rings (SSSR count). The Bertz CT molecular complexity index is 989. The molecule has 2 amide bonds. The fourth-order valence-electron chi connectivity index (χ4n) is 2.90. The van der Waals surface area contributed by atoms with Crippen LogP contribution in [-0.4, -0.2) is 47.1 Å². The summed E-state index contributed by atoms with van der Waals surface area (Å²) < 4.78 is 1.69. The zero-order valence-electron chi connectivity index (χ0n) is 17.2. The number of aromatic nitrogens is 2. The summed E-state index contributed by atoms with van der Waals surface area (Å²) in [6.45, 7) is 4.22. The number of hydrogen-bond acceptors (Lipinski definition) is 3. The third-order valence-electron chi connectivity index (χ3n) is 4.73. The van der Waals surface area contributed by atoms with Crippen molar-refractivity contribution in [1.82, 2.24) is 20.0 Å². The molecule has 2 aromatic carbocycles. The number of carbonyl (C=O) groups excluding carboxylic acids is 2. The molecule has 6 heteroatoms. The first-order valence-corrected chi connectivity index (χ1v) is 9.60. The maximum absolute atomic E-state index is 12.9. The minimum absolute atomic E-state index is 0.0614. The van der Waals surface area contributed by atoms with Gasteiger partial charge in [-0.2, -0.15) is 5.10 Å². The van der Waals surface area contributed by atoms with Gasteiger partial charge >= 0.3 is 0 Å². The molecule has 6 nitrogen and oxygen atoms in total. The first-order chi connectivity index (χ1) is 13.9. The molecule has 0 aliphatic heterocycles. The molecular weight excluding hydrogens is 364 g/mol. The molecular formula is C23H26N4O2. The number of likely N-dealkylation sites (N-methyl/N-ethyl adjacent to an activating group) is 1. The molecule has 1 aromatic heterocycles. The number of amides is 2. The van der Waals surface area contributed by atoms with E-state index in [2.05, 4.69) is 36.4 Å². The van der Waals surface area contributed by atoms with E-state index in [-0.39, 0.29) is 18.4 Å². The van der Waals surface area contributed by atoms with Crippen molar-refractivity contribution in [1.29, 1.82) is 0 Å². The standard InChI is InChI=1S/C23H26N4O2/c1-16(2)17-10-12-18(13-11-17)22-20(23(29)24-14-21(28)26(3)4)15-27(25-22)19-8-6-5-7-9-19/h5-13,15-16H,14H2,1-4H3,(H,24,29). The number of carbonyl (C=O) groups is 2. The van der Waals surface area contributed by atoms with Crippen LogP contribution in [0.2, 0.25) is 0 Å². The lowest BCUT2D eigenvalue weighted by atomic mass is 10.00. The predicted molar refractivity (Wildman–Crippen MR) is 114 cm³/mol. The molecule has 0 spiro atoms. The van der Waals surface area contributed by atoms with E-state index >= 15 is 0 Å². The van der Waals surface area contributed by atoms with Crippen LogP contribution in [0.15, 0.2) is 60.8 Å². The van der Waals surface area contributed by atoms with E-state index in [1.807, 2.05) is 42.5 Å². The minimum Gasteiger partial charge on any atom is -0.347 e. The van der Waals surface area contributed by atoms with E-state index in [0.29, 0.717) is 17.2 Å². The van der Waals surface area contributed by atoms with Gasteiger partial charge in [0.1, 0.15) is 5.69 Å². The molecule has 0 unspecified atom stereocenters. The summed E-state index contributed by atoms with van der Waals surface area (Å²) in [6, 6.07) is 17.7. The van der Waals surface area contributed by atoms with Gasteiger partial charge in [0, 0.05) is 25.9 Å². The summed E-state index contributed by atoms with van der Waals surface area (Å²) in [7, 11) is 3.31. The number of hydrogen-bond donors (Lipinski definition) is 1. The van der Waals surface area contributed by atoms with Crippen molar-refractivity contribution in [3.8, 4) is 16.9 Å². The van der Waals surface area contributed by atoms with Crippen LogP contribution >= 0.6 is 0 Å². The zero-order chi connectivity index (χ0) is 21.0. The van der Waals surface area contributed by atoms with Crippen LogP contribution in [0.1, 0.15) is 35.7 Å². The number of para-hydroxylation sites is 1. The fraction of sp³-hybridized carbons (Fsp3) is 0.261. The smallest absolute Gasteiger partial charge is 0.255 e. The van der Waals surface area contributed by atoms with Gasteiger partial charge in [0.25, 0.3) is 5.91 Å². The van der Waals surface area contributed by atoms with Crippen molar-refractivity contribution < 1.29 is 9.59 Å². The third-order valence-corrected chi connectivity index (χ3v) is 4.73. The van der Waals surface area contributed by atoms with Crippen LogP contribution in [0, 0.1) is 0 Å². The molecule has 150 valence electrons. The molecule has 29 heavy (non-hydrogen) atoms. The fourth-order valence-corrected chi connectivity index (χ4v) is 2.90. The Balaban J connectivity index is 1.97. The van der Waals surface area contributed by atoms with Crippen LogP contribution in [-0.2, 0) is 4.79 Å². The summed E-state index contributed by atoms with van der Waals surface area (Å²) in [6.07, 6.45) is 1.70. The second-order valence-electron chi connectivity index (χ2n) is 7.42. The topological polar surface area (TPSA) is 67.2 Å². The Morgan fingerprint density at radius 2 is 1.69 bits per heavy atom. The molecule has 0 saturated heterocycles. The van der Waals surface area contributed by atoms with E-state index in [9.17, 15) is 9.59 Å². The molecule has 0 atom stereocenters. The van der Waals surface area contributed by atoms with Gasteiger partial charge < -0.3 is 10.2 Å². The summed E-state index contributed by atoms with van der Waals surface area (Å²) >= 11 is 0. The highest BCUT2D eigenvalue weighted by Gasteiger charge is 2.19. The number of nitrogens with zero attached hydrogens (tertiary/aromatic N) is 3. The van der Waals surface area contributed by atoms with Crippen molar-refractivity contribution in [2.24, 2.45) is 0 Å². The first kappa shape index (κ1) is 20.3. The molecule has 0 aliphatic carbocycles. The van der Waals surface area contributed by atoms with Gasteiger partial charge in [-0.15, -0.1) is 0 Å².